The number of amides is 1. The average molecular weight is 358 g/mol. The van der Waals surface area contributed by atoms with Crippen LogP contribution in [0.2, 0.25) is 0 Å². The first-order valence-corrected chi connectivity index (χ1v) is 8.08. The molecule has 2 aromatic rings. The fourth-order valence-electron chi connectivity index (χ4n) is 2.41. The van der Waals surface area contributed by atoms with E-state index >= 15 is 0 Å². The van der Waals surface area contributed by atoms with Gasteiger partial charge in [-0.15, -0.1) is 6.42 Å². The van der Waals surface area contributed by atoms with Crippen molar-refractivity contribution >= 4 is 23.0 Å². The molecule has 1 heterocycles. The molecule has 7 heteroatoms. The molecule has 0 unspecified atom stereocenters. The molecule has 138 valence electrons. The van der Waals surface area contributed by atoms with Gasteiger partial charge in [-0.25, -0.2) is 9.59 Å². The van der Waals surface area contributed by atoms with Gasteiger partial charge < -0.3 is 24.9 Å². The molecule has 0 bridgehead atoms. The van der Waals surface area contributed by atoms with Crippen LogP contribution in [0.15, 0.2) is 24.4 Å². The summed E-state index contributed by atoms with van der Waals surface area (Å²) in [5.74, 6) is 1.83. The molecule has 1 aromatic carbocycles. The van der Waals surface area contributed by atoms with Crippen molar-refractivity contribution in [2.45, 2.75) is 38.8 Å². The third kappa shape index (κ3) is 5.18. The van der Waals surface area contributed by atoms with Gasteiger partial charge in [0.1, 0.15) is 24.0 Å². The van der Waals surface area contributed by atoms with Crippen molar-refractivity contribution in [2.75, 3.05) is 6.61 Å². The smallest absolute Gasteiger partial charge is 0.408 e. The highest BCUT2D eigenvalue weighted by atomic mass is 16.6. The number of carbonyl (C=O) groups excluding carboxylic acids is 1. The van der Waals surface area contributed by atoms with Crippen molar-refractivity contribution < 1.29 is 24.2 Å². The summed E-state index contributed by atoms with van der Waals surface area (Å²) in [6.07, 6.45) is 6.22. The van der Waals surface area contributed by atoms with Crippen molar-refractivity contribution in [1.82, 2.24) is 10.3 Å². The molecule has 2 rings (SSSR count). The van der Waals surface area contributed by atoms with Gasteiger partial charge in [-0.3, -0.25) is 0 Å². The highest BCUT2D eigenvalue weighted by Gasteiger charge is 2.25. The van der Waals surface area contributed by atoms with E-state index in [0.717, 1.165) is 16.5 Å². The van der Waals surface area contributed by atoms with Crippen LogP contribution in [0.3, 0.4) is 0 Å². The van der Waals surface area contributed by atoms with Crippen LogP contribution in [0.5, 0.6) is 5.75 Å². The summed E-state index contributed by atoms with van der Waals surface area (Å²) in [6.45, 7) is 5.27. The predicted octanol–water partition coefficient (Wildman–Crippen LogP) is 2.70. The summed E-state index contributed by atoms with van der Waals surface area (Å²) < 4.78 is 10.5. The molecule has 0 aliphatic carbocycles. The van der Waals surface area contributed by atoms with Crippen molar-refractivity contribution in [2.24, 2.45) is 0 Å². The van der Waals surface area contributed by atoms with Gasteiger partial charge in [0.25, 0.3) is 0 Å². The van der Waals surface area contributed by atoms with E-state index in [-0.39, 0.29) is 13.0 Å². The van der Waals surface area contributed by atoms with Gasteiger partial charge in [0.05, 0.1) is 0 Å². The number of benzene rings is 1. The van der Waals surface area contributed by atoms with Crippen LogP contribution in [0, 0.1) is 12.3 Å². The Hall–Kier alpha value is -3.14. The molecule has 0 radical (unpaired) electrons. The maximum atomic E-state index is 11.9. The van der Waals surface area contributed by atoms with Gasteiger partial charge in [0.2, 0.25) is 0 Å². The number of aromatic amines is 1. The standard InChI is InChI=1S/C19H22N2O5/c1-5-8-25-13-6-7-15-14(10-13)12(11-20-15)9-16(17(22)23)21-18(24)26-19(2,3)4/h1,6-7,10-11,16,20H,8-9H2,2-4H3,(H,21,24)(H,22,23)/t16-/m0/s1. The third-order valence-corrected chi connectivity index (χ3v) is 3.47. The summed E-state index contributed by atoms with van der Waals surface area (Å²) in [5, 5.41) is 12.6. The molecule has 1 amide bonds. The Balaban J connectivity index is 2.19. The number of carboxylic acids is 1. The lowest BCUT2D eigenvalue weighted by Gasteiger charge is -2.22. The maximum absolute atomic E-state index is 11.9. The molecule has 1 aromatic heterocycles. The minimum atomic E-state index is -1.15. The van der Waals surface area contributed by atoms with Crippen LogP contribution in [0.4, 0.5) is 4.79 Å². The quantitative estimate of drug-likeness (QED) is 0.689. The number of H-pyrrole nitrogens is 1. The largest absolute Gasteiger partial charge is 0.481 e. The number of rotatable bonds is 6. The molecule has 0 saturated carbocycles. The molecule has 26 heavy (non-hydrogen) atoms. The second kappa shape index (κ2) is 7.83. The molecule has 0 spiro atoms. The highest BCUT2D eigenvalue weighted by Crippen LogP contribution is 2.25. The number of carbonyl (C=O) groups is 2. The van der Waals surface area contributed by atoms with Gasteiger partial charge in [-0.05, 0) is 44.5 Å². The Bertz CT molecular complexity index is 842. The number of aromatic nitrogens is 1. The summed E-state index contributed by atoms with van der Waals surface area (Å²) in [7, 11) is 0. The normalized spacial score (nSPS) is 12.2. The molecule has 0 aliphatic rings. The Morgan fingerprint density at radius 3 is 2.73 bits per heavy atom. The van der Waals surface area contributed by atoms with Gasteiger partial charge in [0, 0.05) is 23.5 Å². The van der Waals surface area contributed by atoms with Crippen LogP contribution < -0.4 is 10.1 Å². The summed E-state index contributed by atoms with van der Waals surface area (Å²) in [5.41, 5.74) is 0.848. The monoisotopic (exact) mass is 358 g/mol. The Morgan fingerprint density at radius 1 is 1.38 bits per heavy atom. The number of aliphatic carboxylic acids is 1. The third-order valence-electron chi connectivity index (χ3n) is 3.47. The number of carboxylic acid groups (broad SMARTS) is 1. The second-order valence-corrected chi connectivity index (χ2v) is 6.76. The molecule has 1 atom stereocenters. The number of ether oxygens (including phenoxy) is 2. The van der Waals surface area contributed by atoms with Gasteiger partial charge in [-0.1, -0.05) is 5.92 Å². The number of hydrogen-bond acceptors (Lipinski definition) is 4. The van der Waals surface area contributed by atoms with E-state index in [0.29, 0.717) is 5.75 Å². The van der Waals surface area contributed by atoms with Gasteiger partial charge >= 0.3 is 12.1 Å². The first-order valence-electron chi connectivity index (χ1n) is 8.08. The van der Waals surface area contributed by atoms with Gasteiger partial charge in [0.15, 0.2) is 0 Å². The van der Waals surface area contributed by atoms with E-state index in [1.54, 1.807) is 39.1 Å². The van der Waals surface area contributed by atoms with Crippen molar-refractivity contribution in [1.29, 1.82) is 0 Å². The molecule has 0 aliphatic heterocycles. The maximum Gasteiger partial charge on any atom is 0.408 e. The fraction of sp³-hybridized carbons (Fsp3) is 0.368. The molecular formula is C19H22N2O5. The van der Waals surface area contributed by atoms with Crippen molar-refractivity contribution in [3.8, 4) is 18.1 Å². The van der Waals surface area contributed by atoms with Crippen LogP contribution in [-0.4, -0.2) is 40.4 Å². The molecular weight excluding hydrogens is 336 g/mol. The van der Waals surface area contributed by atoms with E-state index in [1.807, 2.05) is 6.07 Å². The van der Waals surface area contributed by atoms with Crippen LogP contribution in [0.25, 0.3) is 10.9 Å². The van der Waals surface area contributed by atoms with Crippen LogP contribution in [-0.2, 0) is 16.0 Å². The van der Waals surface area contributed by atoms with E-state index in [4.69, 9.17) is 15.9 Å². The fourth-order valence-corrected chi connectivity index (χ4v) is 2.41. The molecule has 3 N–H and O–H groups in total. The average Bonchev–Trinajstić information content (AvgIpc) is 2.92. The minimum absolute atomic E-state index is 0.0904. The summed E-state index contributed by atoms with van der Waals surface area (Å²) in [4.78, 5) is 26.5. The minimum Gasteiger partial charge on any atom is -0.481 e. The molecule has 0 saturated heterocycles. The zero-order chi connectivity index (χ0) is 19.3. The van der Waals surface area contributed by atoms with E-state index < -0.39 is 23.7 Å². The number of terminal acetylenes is 1. The predicted molar refractivity (Wildman–Crippen MR) is 97.1 cm³/mol. The van der Waals surface area contributed by atoms with Gasteiger partial charge in [-0.2, -0.15) is 0 Å². The number of nitrogens with one attached hydrogen (secondary N) is 2. The highest BCUT2D eigenvalue weighted by molar-refractivity contribution is 5.86. The second-order valence-electron chi connectivity index (χ2n) is 6.76. The van der Waals surface area contributed by atoms with Crippen LogP contribution in [0.1, 0.15) is 26.3 Å². The first kappa shape index (κ1) is 19.2. The Kier molecular flexibility index (Phi) is 5.78. The lowest BCUT2D eigenvalue weighted by molar-refractivity contribution is -0.139. The summed E-state index contributed by atoms with van der Waals surface area (Å²) >= 11 is 0. The Labute approximate surface area is 151 Å². The van der Waals surface area contributed by atoms with Crippen molar-refractivity contribution in [3.05, 3.63) is 30.0 Å². The zero-order valence-corrected chi connectivity index (χ0v) is 15.0. The molecule has 7 nitrogen and oxygen atoms in total. The number of hydrogen-bond donors (Lipinski definition) is 3. The number of alkyl carbamates (subject to hydrolysis) is 1. The van der Waals surface area contributed by atoms with Crippen molar-refractivity contribution in [3.63, 3.8) is 0 Å². The summed E-state index contributed by atoms with van der Waals surface area (Å²) in [6, 6.07) is 4.25. The van der Waals surface area contributed by atoms with E-state index in [2.05, 4.69) is 16.2 Å². The lowest BCUT2D eigenvalue weighted by atomic mass is 10.0. The van der Waals surface area contributed by atoms with Crippen LogP contribution >= 0.6 is 0 Å². The zero-order valence-electron chi connectivity index (χ0n) is 15.0. The van der Waals surface area contributed by atoms with E-state index in [1.165, 1.54) is 0 Å². The SMILES string of the molecule is C#CCOc1ccc2[nH]cc(C[C@H](NC(=O)OC(C)(C)C)C(=O)O)c2c1. The number of fused-ring (bicyclic) bond motifs is 1. The van der Waals surface area contributed by atoms with E-state index in [9.17, 15) is 14.7 Å². The topological polar surface area (TPSA) is 101 Å². The lowest BCUT2D eigenvalue weighted by Crippen LogP contribution is -2.44. The molecule has 0 fully saturated rings. The Morgan fingerprint density at radius 2 is 2.12 bits per heavy atom. The first-order chi connectivity index (χ1) is 12.2.